The van der Waals surface area contributed by atoms with Crippen molar-refractivity contribution in [2.45, 2.75) is 6.92 Å². The van der Waals surface area contributed by atoms with Crippen molar-refractivity contribution in [1.29, 1.82) is 0 Å². The van der Waals surface area contributed by atoms with Crippen LogP contribution >= 0.6 is 0 Å². The first-order chi connectivity index (χ1) is 12.0. The first-order valence-electron chi connectivity index (χ1n) is 8.12. The number of hydrogen-bond donors (Lipinski definition) is 0. The lowest BCUT2D eigenvalue weighted by atomic mass is 10.1. The maximum Gasteiger partial charge on any atom is 0.308 e. The fourth-order valence-electron chi connectivity index (χ4n) is 2.87. The van der Waals surface area contributed by atoms with Crippen molar-refractivity contribution in [2.24, 2.45) is 0 Å². The molecule has 0 radical (unpaired) electrons. The van der Waals surface area contributed by atoms with Crippen molar-refractivity contribution >= 4 is 17.6 Å². The average Bonchev–Trinajstić information content (AvgIpc) is 2.62. The predicted molar refractivity (Wildman–Crippen MR) is 92.3 cm³/mol. The maximum absolute atomic E-state index is 13.9. The summed E-state index contributed by atoms with van der Waals surface area (Å²) >= 11 is 0. The number of rotatable bonds is 3. The number of para-hydroxylation sites is 1. The Labute approximate surface area is 145 Å². The number of amides is 1. The molecule has 1 amide bonds. The second kappa shape index (κ2) is 7.34. The van der Waals surface area contributed by atoms with E-state index in [1.165, 1.54) is 13.0 Å². The molecule has 0 atom stereocenters. The van der Waals surface area contributed by atoms with Gasteiger partial charge in [-0.1, -0.05) is 12.1 Å². The zero-order valence-corrected chi connectivity index (χ0v) is 13.9. The molecule has 25 heavy (non-hydrogen) atoms. The summed E-state index contributed by atoms with van der Waals surface area (Å²) < 4.78 is 18.8. The summed E-state index contributed by atoms with van der Waals surface area (Å²) in [5.41, 5.74) is 1.11. The van der Waals surface area contributed by atoms with Gasteiger partial charge in [-0.05, 0) is 36.4 Å². The van der Waals surface area contributed by atoms with Gasteiger partial charge < -0.3 is 14.5 Å². The molecule has 1 aliphatic heterocycles. The van der Waals surface area contributed by atoms with Gasteiger partial charge in [0.15, 0.2) is 0 Å². The van der Waals surface area contributed by atoms with Crippen LogP contribution < -0.4 is 9.64 Å². The van der Waals surface area contributed by atoms with Crippen molar-refractivity contribution in [1.82, 2.24) is 4.90 Å². The topological polar surface area (TPSA) is 49.9 Å². The Balaban J connectivity index is 1.61. The third-order valence-corrected chi connectivity index (χ3v) is 4.12. The van der Waals surface area contributed by atoms with Crippen molar-refractivity contribution < 1.29 is 18.7 Å². The van der Waals surface area contributed by atoms with Gasteiger partial charge in [-0.15, -0.1) is 0 Å². The highest BCUT2D eigenvalue weighted by Crippen LogP contribution is 2.21. The van der Waals surface area contributed by atoms with Gasteiger partial charge in [0.2, 0.25) is 0 Å². The fourth-order valence-corrected chi connectivity index (χ4v) is 2.87. The third-order valence-electron chi connectivity index (χ3n) is 4.12. The van der Waals surface area contributed by atoms with Gasteiger partial charge in [-0.2, -0.15) is 0 Å². The summed E-state index contributed by atoms with van der Waals surface area (Å²) in [6.07, 6.45) is 0. The molecule has 2 aromatic rings. The minimum Gasteiger partial charge on any atom is -0.427 e. The summed E-state index contributed by atoms with van der Waals surface area (Å²) in [5, 5.41) is 0. The molecule has 3 rings (SSSR count). The highest BCUT2D eigenvalue weighted by molar-refractivity contribution is 5.94. The number of piperazine rings is 1. The van der Waals surface area contributed by atoms with E-state index in [4.69, 9.17) is 4.74 Å². The second-order valence-corrected chi connectivity index (χ2v) is 5.85. The van der Waals surface area contributed by atoms with Crippen molar-refractivity contribution in [2.75, 3.05) is 31.1 Å². The summed E-state index contributed by atoms with van der Waals surface area (Å²) in [5.74, 6) is -0.317. The molecule has 6 heteroatoms. The molecule has 1 aliphatic rings. The van der Waals surface area contributed by atoms with Crippen LogP contribution in [-0.2, 0) is 4.79 Å². The SMILES string of the molecule is CC(=O)Oc1ccc(C(=O)N2CCN(c3ccccc3F)CC2)cc1. The normalized spacial score (nSPS) is 14.3. The largest absolute Gasteiger partial charge is 0.427 e. The quantitative estimate of drug-likeness (QED) is 0.636. The van der Waals surface area contributed by atoms with E-state index in [0.717, 1.165) is 0 Å². The number of esters is 1. The van der Waals surface area contributed by atoms with E-state index in [1.54, 1.807) is 47.4 Å². The number of halogens is 1. The summed E-state index contributed by atoms with van der Waals surface area (Å²) in [6, 6.07) is 13.2. The van der Waals surface area contributed by atoms with E-state index in [0.29, 0.717) is 43.2 Å². The minimum absolute atomic E-state index is 0.0810. The number of carbonyl (C=O) groups is 2. The molecule has 1 saturated heterocycles. The van der Waals surface area contributed by atoms with E-state index in [-0.39, 0.29) is 11.7 Å². The molecular weight excluding hydrogens is 323 g/mol. The van der Waals surface area contributed by atoms with E-state index in [1.807, 2.05) is 4.90 Å². The molecule has 1 fully saturated rings. The van der Waals surface area contributed by atoms with E-state index >= 15 is 0 Å². The molecule has 1 heterocycles. The monoisotopic (exact) mass is 342 g/mol. The number of carbonyl (C=O) groups excluding carboxylic acids is 2. The number of benzene rings is 2. The number of anilines is 1. The molecule has 0 saturated carbocycles. The molecule has 0 N–H and O–H groups in total. The van der Waals surface area contributed by atoms with Gasteiger partial charge in [-0.25, -0.2) is 4.39 Å². The smallest absolute Gasteiger partial charge is 0.308 e. The first kappa shape index (κ1) is 17.0. The molecule has 0 aromatic heterocycles. The van der Waals surface area contributed by atoms with Crippen LogP contribution in [-0.4, -0.2) is 43.0 Å². The van der Waals surface area contributed by atoms with Crippen LogP contribution in [0, 0.1) is 5.82 Å². The van der Waals surface area contributed by atoms with Gasteiger partial charge in [0.25, 0.3) is 5.91 Å². The molecule has 2 aromatic carbocycles. The van der Waals surface area contributed by atoms with E-state index in [9.17, 15) is 14.0 Å². The summed E-state index contributed by atoms with van der Waals surface area (Å²) in [7, 11) is 0. The summed E-state index contributed by atoms with van der Waals surface area (Å²) in [4.78, 5) is 27.2. The Kier molecular flexibility index (Phi) is 4.97. The lowest BCUT2D eigenvalue weighted by molar-refractivity contribution is -0.131. The van der Waals surface area contributed by atoms with Crippen LogP contribution in [0.15, 0.2) is 48.5 Å². The van der Waals surface area contributed by atoms with Crippen LogP contribution in [0.5, 0.6) is 5.75 Å². The van der Waals surface area contributed by atoms with Gasteiger partial charge in [0, 0.05) is 38.7 Å². The maximum atomic E-state index is 13.9. The molecule has 0 bridgehead atoms. The Morgan fingerprint density at radius 3 is 2.20 bits per heavy atom. The third kappa shape index (κ3) is 3.96. The minimum atomic E-state index is -0.400. The Bertz CT molecular complexity index is 768. The number of nitrogens with zero attached hydrogens (tertiary/aromatic N) is 2. The predicted octanol–water partition coefficient (Wildman–Crippen LogP) is 2.71. The van der Waals surface area contributed by atoms with Crippen molar-refractivity contribution in [3.8, 4) is 5.75 Å². The first-order valence-corrected chi connectivity index (χ1v) is 8.12. The highest BCUT2D eigenvalue weighted by atomic mass is 19.1. The average molecular weight is 342 g/mol. The van der Waals surface area contributed by atoms with Crippen LogP contribution in [0.1, 0.15) is 17.3 Å². The lowest BCUT2D eigenvalue weighted by Gasteiger charge is -2.36. The van der Waals surface area contributed by atoms with Crippen molar-refractivity contribution in [3.05, 3.63) is 59.9 Å². The zero-order valence-electron chi connectivity index (χ0n) is 13.9. The van der Waals surface area contributed by atoms with Gasteiger partial charge in [0.1, 0.15) is 11.6 Å². The fraction of sp³-hybridized carbons (Fsp3) is 0.263. The standard InChI is InChI=1S/C19H19FN2O3/c1-14(23)25-16-8-6-15(7-9-16)19(24)22-12-10-21(11-13-22)18-5-3-2-4-17(18)20/h2-9H,10-13H2,1H3. The van der Waals surface area contributed by atoms with Crippen LogP contribution in [0.4, 0.5) is 10.1 Å². The second-order valence-electron chi connectivity index (χ2n) is 5.85. The van der Waals surface area contributed by atoms with Gasteiger partial charge in [0.05, 0.1) is 5.69 Å². The van der Waals surface area contributed by atoms with Gasteiger partial charge in [-0.3, -0.25) is 9.59 Å². The van der Waals surface area contributed by atoms with Crippen LogP contribution in [0.3, 0.4) is 0 Å². The molecule has 130 valence electrons. The Hall–Kier alpha value is -2.89. The molecule has 0 unspecified atom stereocenters. The Morgan fingerprint density at radius 1 is 0.960 bits per heavy atom. The van der Waals surface area contributed by atoms with Gasteiger partial charge >= 0.3 is 5.97 Å². The number of hydrogen-bond acceptors (Lipinski definition) is 4. The molecular formula is C19H19FN2O3. The van der Waals surface area contributed by atoms with Crippen molar-refractivity contribution in [3.63, 3.8) is 0 Å². The van der Waals surface area contributed by atoms with Crippen LogP contribution in [0.25, 0.3) is 0 Å². The van der Waals surface area contributed by atoms with E-state index < -0.39 is 5.97 Å². The summed E-state index contributed by atoms with van der Waals surface area (Å²) in [6.45, 7) is 3.54. The molecule has 0 spiro atoms. The molecule has 5 nitrogen and oxygen atoms in total. The Morgan fingerprint density at radius 2 is 1.60 bits per heavy atom. The van der Waals surface area contributed by atoms with E-state index in [2.05, 4.69) is 0 Å². The lowest BCUT2D eigenvalue weighted by Crippen LogP contribution is -2.49. The van der Waals surface area contributed by atoms with Crippen LogP contribution in [0.2, 0.25) is 0 Å². The highest BCUT2D eigenvalue weighted by Gasteiger charge is 2.23. The number of ether oxygens (including phenoxy) is 1. The molecule has 0 aliphatic carbocycles. The zero-order chi connectivity index (χ0) is 17.8.